The molecule has 0 aliphatic rings. The molecule has 0 fully saturated rings. The first kappa shape index (κ1) is 28.1. The van der Waals surface area contributed by atoms with Crippen LogP contribution in [0.3, 0.4) is 0 Å². The maximum absolute atomic E-state index is 14.0. The van der Waals surface area contributed by atoms with E-state index in [-0.39, 0.29) is 36.0 Å². The van der Waals surface area contributed by atoms with E-state index in [0.29, 0.717) is 16.9 Å². The van der Waals surface area contributed by atoms with E-state index < -0.39 is 23.9 Å². The minimum Gasteiger partial charge on any atom is -0.475 e. The molecule has 0 aliphatic carbocycles. The number of rotatable bonds is 6. The van der Waals surface area contributed by atoms with E-state index in [1.165, 1.54) is 6.07 Å². The Balaban J connectivity index is 0.000000572. The van der Waals surface area contributed by atoms with E-state index >= 15 is 0 Å². The quantitative estimate of drug-likeness (QED) is 0.428. The number of hydrogen-bond acceptors (Lipinski definition) is 6. The molecule has 2 heterocycles. The van der Waals surface area contributed by atoms with Crippen LogP contribution in [0.2, 0.25) is 0 Å². The number of aromatic amines is 1. The second-order valence-corrected chi connectivity index (χ2v) is 7.27. The summed E-state index contributed by atoms with van der Waals surface area (Å²) in [5.41, 5.74) is 5.91. The first-order valence-electron chi connectivity index (χ1n) is 9.90. The fraction of sp³-hybridized carbons (Fsp3) is 0.238. The van der Waals surface area contributed by atoms with Crippen LogP contribution in [0.1, 0.15) is 5.82 Å². The number of carboxylic acid groups (broad SMARTS) is 1. The van der Waals surface area contributed by atoms with E-state index in [1.807, 2.05) is 0 Å². The zero-order valence-electron chi connectivity index (χ0n) is 18.8. The van der Waals surface area contributed by atoms with E-state index in [1.54, 1.807) is 49.3 Å². The number of aliphatic carboxylic acids is 1. The maximum atomic E-state index is 14.0. The van der Waals surface area contributed by atoms with Crippen LogP contribution >= 0.6 is 0 Å². The first-order valence-corrected chi connectivity index (χ1v) is 9.90. The summed E-state index contributed by atoms with van der Waals surface area (Å²) < 4.78 is 72.8. The number of halogens is 6. The average Bonchev–Trinajstić information content (AvgIpc) is 3.17. The van der Waals surface area contributed by atoms with Crippen LogP contribution < -0.4 is 16.3 Å². The Kier molecular flexibility index (Phi) is 9.00. The molecule has 0 aliphatic heterocycles. The third-order valence-electron chi connectivity index (χ3n) is 4.56. The van der Waals surface area contributed by atoms with Crippen LogP contribution in [-0.4, -0.2) is 57.6 Å². The molecule has 3 aromatic rings. The number of pyridine rings is 1. The number of nitrogens with zero attached hydrogens (tertiary/aromatic N) is 4. The van der Waals surface area contributed by atoms with E-state index in [2.05, 4.69) is 15.2 Å². The van der Waals surface area contributed by atoms with Crippen molar-refractivity contribution in [2.24, 2.45) is 5.73 Å². The molecular weight excluding hydrogens is 498 g/mol. The molecule has 0 spiro atoms. The molecule has 9 nitrogen and oxygen atoms in total. The molecule has 194 valence electrons. The van der Waals surface area contributed by atoms with Crippen molar-refractivity contribution in [1.82, 2.24) is 19.7 Å². The minimum atomic E-state index is -5.08. The Morgan fingerprint density at radius 3 is 2.36 bits per heavy atom. The van der Waals surface area contributed by atoms with Gasteiger partial charge in [0.25, 0.3) is 6.08 Å². The van der Waals surface area contributed by atoms with Crippen molar-refractivity contribution < 1.29 is 36.2 Å². The maximum Gasteiger partial charge on any atom is 0.490 e. The van der Waals surface area contributed by atoms with Gasteiger partial charge in [-0.1, -0.05) is 6.07 Å². The number of H-pyrrole nitrogens is 1. The summed E-state index contributed by atoms with van der Waals surface area (Å²) in [6.07, 6.45) is -7.29. The lowest BCUT2D eigenvalue weighted by Gasteiger charge is -2.15. The second kappa shape index (κ2) is 11.5. The number of nitrogens with two attached hydrogens (primary N) is 1. The van der Waals surface area contributed by atoms with E-state index in [9.17, 15) is 31.1 Å². The Morgan fingerprint density at radius 1 is 1.19 bits per heavy atom. The number of carbonyl (C=O) groups is 1. The molecule has 0 saturated carbocycles. The van der Waals surface area contributed by atoms with Crippen molar-refractivity contribution in [2.45, 2.75) is 12.6 Å². The van der Waals surface area contributed by atoms with Gasteiger partial charge in [0.1, 0.15) is 17.5 Å². The molecule has 0 radical (unpaired) electrons. The Hall–Kier alpha value is -4.14. The number of nitrogens with one attached hydrogen (secondary N) is 1. The summed E-state index contributed by atoms with van der Waals surface area (Å²) in [6, 6.07) is 9.45. The van der Waals surface area contributed by atoms with Crippen molar-refractivity contribution in [3.63, 3.8) is 0 Å². The highest BCUT2D eigenvalue weighted by Crippen LogP contribution is 2.26. The smallest absolute Gasteiger partial charge is 0.475 e. The Morgan fingerprint density at radius 2 is 1.83 bits per heavy atom. The SMILES string of the molecule is CN(C)c1cc(-c2cccc(-n3c(CC(CN)=C(F)F)n[nH]c3=O)n2)ccc1F.O=C(O)C(F)(F)F. The highest BCUT2D eigenvalue weighted by molar-refractivity contribution is 5.73. The number of alkyl halides is 3. The largest absolute Gasteiger partial charge is 0.490 e. The fourth-order valence-corrected chi connectivity index (χ4v) is 2.81. The van der Waals surface area contributed by atoms with Crippen molar-refractivity contribution in [1.29, 1.82) is 0 Å². The molecule has 3 rings (SSSR count). The van der Waals surface area contributed by atoms with E-state index in [0.717, 1.165) is 4.57 Å². The minimum absolute atomic E-state index is 0.0565. The molecule has 36 heavy (non-hydrogen) atoms. The number of hydrogen-bond donors (Lipinski definition) is 3. The molecule has 0 unspecified atom stereocenters. The fourth-order valence-electron chi connectivity index (χ4n) is 2.81. The summed E-state index contributed by atoms with van der Waals surface area (Å²) in [6.45, 7) is -0.361. The zero-order valence-corrected chi connectivity index (χ0v) is 18.8. The van der Waals surface area contributed by atoms with Crippen molar-refractivity contribution in [3.05, 3.63) is 70.2 Å². The molecule has 1 aromatic carbocycles. The number of anilines is 1. The van der Waals surface area contributed by atoms with Gasteiger partial charge in [-0.25, -0.2) is 28.6 Å². The predicted octanol–water partition coefficient (Wildman–Crippen LogP) is 3.11. The van der Waals surface area contributed by atoms with Gasteiger partial charge in [-0.3, -0.25) is 0 Å². The van der Waals surface area contributed by atoms with Gasteiger partial charge in [-0.05, 0) is 30.3 Å². The number of benzene rings is 1. The summed E-state index contributed by atoms with van der Waals surface area (Å²) in [5.74, 6) is -2.88. The van der Waals surface area contributed by atoms with E-state index in [4.69, 9.17) is 15.6 Å². The third-order valence-corrected chi connectivity index (χ3v) is 4.56. The van der Waals surface area contributed by atoms with Gasteiger partial charge in [0.15, 0.2) is 0 Å². The van der Waals surface area contributed by atoms with Crippen molar-refractivity contribution in [2.75, 3.05) is 25.5 Å². The van der Waals surface area contributed by atoms with Crippen LogP contribution in [0.25, 0.3) is 17.1 Å². The summed E-state index contributed by atoms with van der Waals surface area (Å²) >= 11 is 0. The monoisotopic (exact) mass is 518 g/mol. The van der Waals surface area contributed by atoms with Gasteiger partial charge >= 0.3 is 17.8 Å². The van der Waals surface area contributed by atoms with Gasteiger partial charge in [-0.15, -0.1) is 0 Å². The number of aromatic nitrogens is 4. The molecule has 0 saturated heterocycles. The molecule has 0 atom stereocenters. The topological polar surface area (TPSA) is 130 Å². The van der Waals surface area contributed by atoms with Crippen LogP contribution in [0.5, 0.6) is 0 Å². The summed E-state index contributed by atoms with van der Waals surface area (Å²) in [5, 5.41) is 13.2. The van der Waals surface area contributed by atoms with Gasteiger partial charge in [0.05, 0.1) is 11.4 Å². The normalized spacial score (nSPS) is 10.9. The van der Waals surface area contributed by atoms with Crippen LogP contribution in [0, 0.1) is 5.82 Å². The van der Waals surface area contributed by atoms with Crippen LogP contribution in [0.15, 0.2) is 52.8 Å². The summed E-state index contributed by atoms with van der Waals surface area (Å²) in [7, 11) is 3.44. The van der Waals surface area contributed by atoms with Gasteiger partial charge in [-0.2, -0.15) is 27.1 Å². The highest BCUT2D eigenvalue weighted by atomic mass is 19.4. The zero-order chi connectivity index (χ0) is 27.2. The Labute approximate surface area is 199 Å². The molecule has 0 amide bonds. The molecule has 2 aromatic heterocycles. The lowest BCUT2D eigenvalue weighted by atomic mass is 10.1. The van der Waals surface area contributed by atoms with Crippen molar-refractivity contribution >= 4 is 11.7 Å². The highest BCUT2D eigenvalue weighted by Gasteiger charge is 2.38. The van der Waals surface area contributed by atoms with Crippen molar-refractivity contribution in [3.8, 4) is 17.1 Å². The second-order valence-electron chi connectivity index (χ2n) is 7.27. The summed E-state index contributed by atoms with van der Waals surface area (Å²) in [4.78, 5) is 27.2. The molecule has 15 heteroatoms. The lowest BCUT2D eigenvalue weighted by Crippen LogP contribution is -2.21. The lowest BCUT2D eigenvalue weighted by molar-refractivity contribution is -0.192. The first-order chi connectivity index (χ1) is 16.8. The molecular formula is C21H20F6N6O3. The molecule has 4 N–H and O–H groups in total. The molecule has 0 bridgehead atoms. The van der Waals surface area contributed by atoms with Crippen LogP contribution in [-0.2, 0) is 11.2 Å². The standard InChI is InChI=1S/C19H19F3N6O.C2HF3O2/c1-27(2)15-8-11(6-7-13(15)20)14-4-3-5-16(24-14)28-17(25-26-19(28)29)9-12(10-23)18(21)22;3-2(4,5)1(6)7/h3-8H,9-10,23H2,1-2H3,(H,26,29);(H,6,7). The van der Waals surface area contributed by atoms with Gasteiger partial charge in [0, 0.05) is 38.2 Å². The predicted molar refractivity (Wildman–Crippen MR) is 117 cm³/mol. The average molecular weight is 518 g/mol. The number of carboxylic acids is 1. The van der Waals surface area contributed by atoms with Crippen LogP contribution in [0.4, 0.5) is 32.0 Å². The third kappa shape index (κ3) is 6.94. The van der Waals surface area contributed by atoms with Gasteiger partial charge < -0.3 is 15.7 Å². The van der Waals surface area contributed by atoms with Gasteiger partial charge in [0.2, 0.25) is 0 Å². The Bertz CT molecular complexity index is 1310.